The van der Waals surface area contributed by atoms with Crippen LogP contribution in [0, 0.1) is 6.92 Å². The topological polar surface area (TPSA) is 50.2 Å². The highest BCUT2D eigenvalue weighted by Gasteiger charge is 2.36. The van der Waals surface area contributed by atoms with Crippen LogP contribution in [0.2, 0.25) is 0 Å². The van der Waals surface area contributed by atoms with Crippen LogP contribution in [0.1, 0.15) is 41.9 Å². The number of hydrogen-bond acceptors (Lipinski definition) is 3. The summed E-state index contributed by atoms with van der Waals surface area (Å²) in [7, 11) is 1.95. The first kappa shape index (κ1) is 17.4. The van der Waals surface area contributed by atoms with Crippen LogP contribution >= 0.6 is 0 Å². The third-order valence-electron chi connectivity index (χ3n) is 6.40. The van der Waals surface area contributed by atoms with Gasteiger partial charge in [0.25, 0.3) is 5.91 Å². The maximum atomic E-state index is 13.2. The fourth-order valence-corrected chi connectivity index (χ4v) is 4.95. The molecule has 5 rings (SSSR count). The molecule has 0 aliphatic carbocycles. The molecule has 144 valence electrons. The summed E-state index contributed by atoms with van der Waals surface area (Å²) in [6, 6.07) is 17.6. The number of fused-ring (bicyclic) bond motifs is 3. The molecule has 1 aromatic heterocycles. The molecule has 5 heteroatoms. The summed E-state index contributed by atoms with van der Waals surface area (Å²) in [6.07, 6.45) is 4.60. The lowest BCUT2D eigenvalue weighted by Crippen LogP contribution is -2.48. The Balaban J connectivity index is 1.44. The largest absolute Gasteiger partial charge is 0.339 e. The van der Waals surface area contributed by atoms with E-state index in [0.29, 0.717) is 18.1 Å². The summed E-state index contributed by atoms with van der Waals surface area (Å²) < 4.78 is 2.14. The summed E-state index contributed by atoms with van der Waals surface area (Å²) in [5.41, 5.74) is 3.70. The molecule has 28 heavy (non-hydrogen) atoms. The molecule has 2 aliphatic rings. The van der Waals surface area contributed by atoms with Gasteiger partial charge in [0.05, 0.1) is 11.0 Å². The molecule has 5 nitrogen and oxygen atoms in total. The maximum Gasteiger partial charge on any atom is 0.253 e. The van der Waals surface area contributed by atoms with Gasteiger partial charge in [0, 0.05) is 36.4 Å². The van der Waals surface area contributed by atoms with Gasteiger partial charge < -0.3 is 10.2 Å². The molecule has 3 heterocycles. The molecular formula is C23H26N4O. The number of amides is 1. The van der Waals surface area contributed by atoms with Crippen molar-refractivity contribution in [1.82, 2.24) is 19.8 Å². The second-order valence-electron chi connectivity index (χ2n) is 8.21. The van der Waals surface area contributed by atoms with Crippen molar-refractivity contribution < 1.29 is 4.79 Å². The highest BCUT2D eigenvalue weighted by atomic mass is 16.2. The summed E-state index contributed by atoms with van der Waals surface area (Å²) in [6.45, 7) is 2.01. The second kappa shape index (κ2) is 6.74. The van der Waals surface area contributed by atoms with Gasteiger partial charge in [-0.2, -0.15) is 0 Å². The third-order valence-corrected chi connectivity index (χ3v) is 6.40. The van der Waals surface area contributed by atoms with Crippen LogP contribution in [0.4, 0.5) is 0 Å². The number of piperidine rings is 1. The minimum Gasteiger partial charge on any atom is -0.339 e. The van der Waals surface area contributed by atoms with Crippen LogP contribution in [0.25, 0.3) is 16.7 Å². The zero-order chi connectivity index (χ0) is 19.3. The molecule has 3 aromatic rings. The van der Waals surface area contributed by atoms with Crippen LogP contribution in [0.3, 0.4) is 0 Å². The van der Waals surface area contributed by atoms with E-state index in [1.165, 1.54) is 12.8 Å². The van der Waals surface area contributed by atoms with E-state index < -0.39 is 0 Å². The number of nitrogens with zero attached hydrogens (tertiary/aromatic N) is 3. The van der Waals surface area contributed by atoms with E-state index in [-0.39, 0.29) is 5.91 Å². The molecular weight excluding hydrogens is 348 g/mol. The Labute approximate surface area is 165 Å². The van der Waals surface area contributed by atoms with Crippen molar-refractivity contribution in [2.24, 2.45) is 0 Å². The van der Waals surface area contributed by atoms with Crippen LogP contribution in [-0.2, 0) is 0 Å². The minimum atomic E-state index is 0.0973. The van der Waals surface area contributed by atoms with Gasteiger partial charge in [-0.3, -0.25) is 9.36 Å². The number of hydrogen-bond donors (Lipinski definition) is 1. The number of carbonyl (C=O) groups excluding carboxylic acids is 1. The first-order valence-corrected chi connectivity index (χ1v) is 10.2. The van der Waals surface area contributed by atoms with Gasteiger partial charge in [-0.05, 0) is 62.9 Å². The number of benzene rings is 2. The molecule has 2 aliphatic heterocycles. The number of para-hydroxylation sites is 1. The molecule has 2 unspecified atom stereocenters. The predicted molar refractivity (Wildman–Crippen MR) is 111 cm³/mol. The average Bonchev–Trinajstić information content (AvgIpc) is 3.24. The molecule has 0 radical (unpaired) electrons. The van der Waals surface area contributed by atoms with Crippen molar-refractivity contribution in [3.8, 4) is 5.69 Å². The van der Waals surface area contributed by atoms with Crippen LogP contribution in [-0.4, -0.2) is 45.5 Å². The summed E-state index contributed by atoms with van der Waals surface area (Å²) in [5, 5.41) is 3.65. The Hall–Kier alpha value is -2.66. The Morgan fingerprint density at radius 2 is 1.82 bits per heavy atom. The number of rotatable bonds is 3. The van der Waals surface area contributed by atoms with Crippen molar-refractivity contribution in [3.63, 3.8) is 0 Å². The molecule has 1 amide bonds. The fourth-order valence-electron chi connectivity index (χ4n) is 4.95. The highest BCUT2D eigenvalue weighted by Crippen LogP contribution is 2.30. The van der Waals surface area contributed by atoms with E-state index in [0.717, 1.165) is 41.0 Å². The van der Waals surface area contributed by atoms with Crippen molar-refractivity contribution in [2.45, 2.75) is 50.7 Å². The average molecular weight is 374 g/mol. The first-order chi connectivity index (χ1) is 13.6. The fraction of sp³-hybridized carbons (Fsp3) is 0.391. The van der Waals surface area contributed by atoms with E-state index in [9.17, 15) is 4.79 Å². The SMILES string of the molecule is Cc1nc2cc(C(=O)N(C)C3CC4CCC(C3)N4)ccc2n1-c1ccccc1. The zero-order valence-corrected chi connectivity index (χ0v) is 16.4. The summed E-state index contributed by atoms with van der Waals surface area (Å²) in [4.78, 5) is 19.8. The van der Waals surface area contributed by atoms with Crippen molar-refractivity contribution >= 4 is 16.9 Å². The lowest BCUT2D eigenvalue weighted by atomic mass is 9.98. The monoisotopic (exact) mass is 374 g/mol. The van der Waals surface area contributed by atoms with E-state index in [4.69, 9.17) is 4.98 Å². The minimum absolute atomic E-state index is 0.0973. The van der Waals surface area contributed by atoms with Gasteiger partial charge >= 0.3 is 0 Å². The summed E-state index contributed by atoms with van der Waals surface area (Å²) in [5.74, 6) is 1.02. The van der Waals surface area contributed by atoms with Gasteiger partial charge in [0.2, 0.25) is 0 Å². The molecule has 2 aromatic carbocycles. The number of carbonyl (C=O) groups is 1. The van der Waals surface area contributed by atoms with Gasteiger partial charge in [-0.25, -0.2) is 4.98 Å². The Kier molecular flexibility index (Phi) is 4.20. The number of aromatic nitrogens is 2. The standard InChI is InChI=1S/C23H26N4O/c1-15-24-21-12-16(8-11-22(21)27(15)19-6-4-3-5-7-19)23(28)26(2)20-13-17-9-10-18(14-20)25-17/h3-8,11-12,17-18,20,25H,9-10,13-14H2,1-2H3. The van der Waals surface area contributed by atoms with Gasteiger partial charge in [0.1, 0.15) is 5.82 Å². The maximum absolute atomic E-state index is 13.2. The van der Waals surface area contributed by atoms with E-state index in [1.54, 1.807) is 0 Å². The molecule has 0 spiro atoms. The molecule has 2 fully saturated rings. The number of nitrogens with one attached hydrogen (secondary N) is 1. The highest BCUT2D eigenvalue weighted by molar-refractivity contribution is 5.97. The Morgan fingerprint density at radius 1 is 1.11 bits per heavy atom. The van der Waals surface area contributed by atoms with Crippen molar-refractivity contribution in [3.05, 3.63) is 59.9 Å². The molecule has 0 saturated carbocycles. The predicted octanol–water partition coefficient (Wildman–Crippen LogP) is 3.69. The van der Waals surface area contributed by atoms with Gasteiger partial charge in [0.15, 0.2) is 0 Å². The van der Waals surface area contributed by atoms with Crippen molar-refractivity contribution in [2.75, 3.05) is 7.05 Å². The molecule has 2 saturated heterocycles. The third kappa shape index (κ3) is 2.90. The Morgan fingerprint density at radius 3 is 2.54 bits per heavy atom. The van der Waals surface area contributed by atoms with Crippen LogP contribution < -0.4 is 5.32 Å². The van der Waals surface area contributed by atoms with Crippen LogP contribution in [0.5, 0.6) is 0 Å². The molecule has 2 atom stereocenters. The van der Waals surface area contributed by atoms with Crippen molar-refractivity contribution in [1.29, 1.82) is 0 Å². The van der Waals surface area contributed by atoms with E-state index in [1.807, 2.05) is 55.3 Å². The van der Waals surface area contributed by atoms with Crippen LogP contribution in [0.15, 0.2) is 48.5 Å². The van der Waals surface area contributed by atoms with Gasteiger partial charge in [-0.1, -0.05) is 18.2 Å². The lowest BCUT2D eigenvalue weighted by Gasteiger charge is -2.35. The Bertz CT molecular complexity index is 1010. The smallest absolute Gasteiger partial charge is 0.253 e. The normalized spacial score (nSPS) is 23.9. The lowest BCUT2D eigenvalue weighted by molar-refractivity contribution is 0.0682. The quantitative estimate of drug-likeness (QED) is 0.761. The summed E-state index contributed by atoms with van der Waals surface area (Å²) >= 11 is 0. The first-order valence-electron chi connectivity index (χ1n) is 10.2. The van der Waals surface area contributed by atoms with E-state index in [2.05, 4.69) is 22.0 Å². The number of imidazole rings is 1. The molecule has 2 bridgehead atoms. The van der Waals surface area contributed by atoms with E-state index >= 15 is 0 Å². The zero-order valence-electron chi connectivity index (χ0n) is 16.4. The molecule has 1 N–H and O–H groups in total. The van der Waals surface area contributed by atoms with Gasteiger partial charge in [-0.15, -0.1) is 0 Å². The number of aryl methyl sites for hydroxylation is 1. The second-order valence-corrected chi connectivity index (χ2v) is 8.21.